The molecule has 0 aliphatic carbocycles. The summed E-state index contributed by atoms with van der Waals surface area (Å²) in [5.74, 6) is -3.68. The number of aryl methyl sites for hydroxylation is 1. The normalized spacial score (nSPS) is 11.7. The third kappa shape index (κ3) is 6.49. The number of anilines is 5. The second kappa shape index (κ2) is 11.2. The fourth-order valence-corrected chi connectivity index (χ4v) is 4.08. The van der Waals surface area contributed by atoms with Crippen molar-refractivity contribution >= 4 is 40.4 Å². The van der Waals surface area contributed by atoms with Gasteiger partial charge >= 0.3 is 6.05 Å². The van der Waals surface area contributed by atoms with Crippen LogP contribution < -0.4 is 15.5 Å². The maximum atomic E-state index is 14.8. The number of rotatable bonds is 10. The van der Waals surface area contributed by atoms with Gasteiger partial charge in [0.2, 0.25) is 5.95 Å². The van der Waals surface area contributed by atoms with E-state index in [4.69, 9.17) is 11.6 Å². The van der Waals surface area contributed by atoms with Crippen molar-refractivity contribution in [3.8, 4) is 11.1 Å². The van der Waals surface area contributed by atoms with E-state index < -0.39 is 23.4 Å². The van der Waals surface area contributed by atoms with Crippen molar-refractivity contribution in [2.45, 2.75) is 25.8 Å². The molecule has 0 aliphatic rings. The Labute approximate surface area is 238 Å². The first-order valence-electron chi connectivity index (χ1n) is 12.0. The van der Waals surface area contributed by atoms with Crippen LogP contribution in [0.15, 0.2) is 79.8 Å². The van der Waals surface area contributed by atoms with Gasteiger partial charge in [0.15, 0.2) is 5.15 Å². The molecule has 7 nitrogen and oxygen atoms in total. The molecule has 0 amide bonds. The molecule has 2 aromatic heterocycles. The quantitative estimate of drug-likeness (QED) is 0.110. The molecule has 0 unspecified atom stereocenters. The van der Waals surface area contributed by atoms with Crippen LogP contribution in [0.1, 0.15) is 19.4 Å². The van der Waals surface area contributed by atoms with E-state index in [1.807, 2.05) is 0 Å². The maximum Gasteiger partial charge on any atom is 0.351 e. The van der Waals surface area contributed by atoms with Crippen LogP contribution in [0, 0.1) is 5.82 Å². The van der Waals surface area contributed by atoms with E-state index in [9.17, 15) is 22.0 Å². The molecule has 2 heterocycles. The molecule has 2 aromatic carbocycles. The SMILES string of the molecule is C=CN(c1cc(F)cc(Nc2nc(Nc3cn(C)nc3Cl)ncc2-c2ccc(C(C)(F)F)cc2)c1)C(F)(F)C(=C)C. The molecule has 4 rings (SSSR count). The van der Waals surface area contributed by atoms with Gasteiger partial charge in [0.25, 0.3) is 5.92 Å². The molecular formula is C28H25ClF5N7. The van der Waals surface area contributed by atoms with Gasteiger partial charge in [0, 0.05) is 55.0 Å². The van der Waals surface area contributed by atoms with Gasteiger partial charge < -0.3 is 10.6 Å². The second-order valence-electron chi connectivity index (χ2n) is 9.25. The Morgan fingerprint density at radius 3 is 2.34 bits per heavy atom. The van der Waals surface area contributed by atoms with Gasteiger partial charge in [-0.05, 0) is 30.7 Å². The zero-order valence-electron chi connectivity index (χ0n) is 22.2. The summed E-state index contributed by atoms with van der Waals surface area (Å²) in [7, 11) is 1.67. The summed E-state index contributed by atoms with van der Waals surface area (Å²) in [5.41, 5.74) is 0.410. The minimum Gasteiger partial charge on any atom is -0.339 e. The van der Waals surface area contributed by atoms with Gasteiger partial charge in [-0.3, -0.25) is 9.58 Å². The Morgan fingerprint density at radius 2 is 1.78 bits per heavy atom. The minimum atomic E-state index is -3.55. The monoisotopic (exact) mass is 589 g/mol. The number of hydrogen-bond acceptors (Lipinski definition) is 6. The first-order valence-corrected chi connectivity index (χ1v) is 12.4. The van der Waals surface area contributed by atoms with Crippen molar-refractivity contribution in [2.24, 2.45) is 7.05 Å². The Kier molecular flexibility index (Phi) is 8.07. The molecular weight excluding hydrogens is 565 g/mol. The van der Waals surface area contributed by atoms with E-state index >= 15 is 0 Å². The third-order valence-electron chi connectivity index (χ3n) is 5.94. The van der Waals surface area contributed by atoms with Crippen molar-refractivity contribution < 1.29 is 22.0 Å². The molecule has 0 saturated heterocycles. The van der Waals surface area contributed by atoms with Gasteiger partial charge in [0.1, 0.15) is 11.6 Å². The third-order valence-corrected chi connectivity index (χ3v) is 6.22. The zero-order chi connectivity index (χ0) is 30.1. The molecule has 0 atom stereocenters. The lowest BCUT2D eigenvalue weighted by Gasteiger charge is -2.30. The highest BCUT2D eigenvalue weighted by atomic mass is 35.5. The van der Waals surface area contributed by atoms with Crippen LogP contribution in [0.4, 0.5) is 50.8 Å². The first-order chi connectivity index (χ1) is 19.2. The van der Waals surface area contributed by atoms with Gasteiger partial charge in [0.05, 0.1) is 11.4 Å². The Balaban J connectivity index is 1.79. The summed E-state index contributed by atoms with van der Waals surface area (Å²) in [6.07, 6.45) is 3.89. The molecule has 0 fully saturated rings. The molecule has 0 saturated carbocycles. The summed E-state index contributed by atoms with van der Waals surface area (Å²) in [5, 5.41) is 10.1. The molecule has 0 radical (unpaired) electrons. The van der Waals surface area contributed by atoms with Crippen molar-refractivity contribution in [1.82, 2.24) is 19.7 Å². The number of nitrogens with zero attached hydrogens (tertiary/aromatic N) is 5. The van der Waals surface area contributed by atoms with E-state index in [-0.39, 0.29) is 33.9 Å². The zero-order valence-corrected chi connectivity index (χ0v) is 22.9. The van der Waals surface area contributed by atoms with Crippen molar-refractivity contribution in [3.63, 3.8) is 0 Å². The molecule has 13 heteroatoms. The summed E-state index contributed by atoms with van der Waals surface area (Å²) in [6.45, 7) is 8.68. The van der Waals surface area contributed by atoms with Crippen LogP contribution in [-0.4, -0.2) is 25.8 Å². The standard InChI is InChI=1S/C28H25ClF5N7/c1-6-41(28(33,34)16(2)3)21-12-19(30)11-20(13-21)36-25-22(17-7-9-18(10-8-17)27(4,31)32)14-35-26(38-25)37-23-15-40(5)39-24(23)29/h6-15H,1-2H2,3-5H3,(H2,35,36,37,38). The number of halogens is 6. The molecule has 0 bridgehead atoms. The fraction of sp³-hybridized carbons (Fsp3) is 0.179. The lowest BCUT2D eigenvalue weighted by Crippen LogP contribution is -2.38. The molecule has 0 aliphatic heterocycles. The van der Waals surface area contributed by atoms with Crippen LogP contribution in [0.5, 0.6) is 0 Å². The van der Waals surface area contributed by atoms with Crippen LogP contribution in [0.3, 0.4) is 0 Å². The molecule has 2 N–H and O–H groups in total. The van der Waals surface area contributed by atoms with E-state index in [2.05, 4.69) is 38.9 Å². The summed E-state index contributed by atoms with van der Waals surface area (Å²) < 4.78 is 73.3. The van der Waals surface area contributed by atoms with Crippen LogP contribution >= 0.6 is 11.6 Å². The molecule has 4 aromatic rings. The predicted molar refractivity (Wildman–Crippen MR) is 151 cm³/mol. The highest BCUT2D eigenvalue weighted by Gasteiger charge is 2.37. The number of aromatic nitrogens is 4. The second-order valence-corrected chi connectivity index (χ2v) is 9.61. The Hall–Kier alpha value is -4.45. The smallest absolute Gasteiger partial charge is 0.339 e. The molecule has 41 heavy (non-hydrogen) atoms. The Morgan fingerprint density at radius 1 is 1.10 bits per heavy atom. The highest BCUT2D eigenvalue weighted by Crippen LogP contribution is 2.37. The van der Waals surface area contributed by atoms with Gasteiger partial charge in [-0.2, -0.15) is 18.9 Å². The number of nitrogens with one attached hydrogen (secondary N) is 2. The van der Waals surface area contributed by atoms with Gasteiger partial charge in [-0.25, -0.2) is 18.2 Å². The summed E-state index contributed by atoms with van der Waals surface area (Å²) in [6, 6.07) is 5.20. The van der Waals surface area contributed by atoms with Crippen molar-refractivity contribution in [3.05, 3.63) is 96.3 Å². The first kappa shape index (κ1) is 29.5. The van der Waals surface area contributed by atoms with Crippen molar-refractivity contribution in [2.75, 3.05) is 15.5 Å². The minimum absolute atomic E-state index is 0.0615. The van der Waals surface area contributed by atoms with E-state index in [0.29, 0.717) is 21.7 Å². The largest absolute Gasteiger partial charge is 0.351 e. The summed E-state index contributed by atoms with van der Waals surface area (Å²) >= 11 is 6.13. The lowest BCUT2D eigenvalue weighted by molar-refractivity contribution is 0.0175. The summed E-state index contributed by atoms with van der Waals surface area (Å²) in [4.78, 5) is 9.25. The maximum absolute atomic E-state index is 14.8. The average Bonchev–Trinajstić information content (AvgIpc) is 3.19. The van der Waals surface area contributed by atoms with Crippen LogP contribution in [0.2, 0.25) is 5.15 Å². The van der Waals surface area contributed by atoms with Crippen LogP contribution in [0.25, 0.3) is 11.1 Å². The molecule has 0 spiro atoms. The van der Waals surface area contributed by atoms with E-state index in [1.54, 1.807) is 13.2 Å². The lowest BCUT2D eigenvalue weighted by atomic mass is 10.0. The van der Waals surface area contributed by atoms with Gasteiger partial charge in [-0.1, -0.05) is 49.0 Å². The number of alkyl halides is 4. The van der Waals surface area contributed by atoms with Crippen LogP contribution in [-0.2, 0) is 13.0 Å². The Bertz CT molecular complexity index is 1600. The van der Waals surface area contributed by atoms with Crippen molar-refractivity contribution in [1.29, 1.82) is 0 Å². The molecule has 214 valence electrons. The number of hydrogen-bond donors (Lipinski definition) is 2. The van der Waals surface area contributed by atoms with Gasteiger partial charge in [-0.15, -0.1) is 0 Å². The van der Waals surface area contributed by atoms with E-state index in [1.165, 1.54) is 41.2 Å². The predicted octanol–water partition coefficient (Wildman–Crippen LogP) is 8.39. The number of benzene rings is 2. The van der Waals surface area contributed by atoms with E-state index in [0.717, 1.165) is 32.2 Å². The fourth-order valence-electron chi connectivity index (χ4n) is 3.87. The topological polar surface area (TPSA) is 70.9 Å². The highest BCUT2D eigenvalue weighted by molar-refractivity contribution is 6.32. The average molecular weight is 590 g/mol.